The molecular formula is C14H14F2N2O2. The van der Waals surface area contributed by atoms with Crippen molar-refractivity contribution < 1.29 is 18.4 Å². The summed E-state index contributed by atoms with van der Waals surface area (Å²) in [5.41, 5.74) is 0.265. The fraction of sp³-hybridized carbons (Fsp3) is 0.357. The number of rotatable bonds is 3. The molecule has 0 unspecified atom stereocenters. The maximum absolute atomic E-state index is 13.9. The van der Waals surface area contributed by atoms with Crippen LogP contribution in [-0.4, -0.2) is 27.8 Å². The summed E-state index contributed by atoms with van der Waals surface area (Å²) in [6, 6.07) is 4.73. The Morgan fingerprint density at radius 2 is 2.20 bits per heavy atom. The zero-order chi connectivity index (χ0) is 14.1. The van der Waals surface area contributed by atoms with E-state index in [4.69, 9.17) is 4.52 Å². The van der Waals surface area contributed by atoms with Crippen molar-refractivity contribution in [1.82, 2.24) is 10.1 Å². The third kappa shape index (κ3) is 2.57. The van der Waals surface area contributed by atoms with Crippen LogP contribution >= 0.6 is 0 Å². The van der Waals surface area contributed by atoms with Crippen molar-refractivity contribution >= 4 is 0 Å². The number of likely N-dealkylation sites (tertiary alicyclic amines) is 1. The Morgan fingerprint density at radius 1 is 1.35 bits per heavy atom. The highest BCUT2D eigenvalue weighted by molar-refractivity contribution is 5.24. The lowest BCUT2D eigenvalue weighted by atomic mass is 10.0. The van der Waals surface area contributed by atoms with E-state index < -0.39 is 17.7 Å². The fourth-order valence-electron chi connectivity index (χ4n) is 2.67. The zero-order valence-electron chi connectivity index (χ0n) is 10.7. The van der Waals surface area contributed by atoms with Gasteiger partial charge in [-0.25, -0.2) is 8.78 Å². The molecule has 0 spiro atoms. The molecule has 1 fully saturated rings. The van der Waals surface area contributed by atoms with Gasteiger partial charge < -0.3 is 9.63 Å². The molecule has 1 N–H and O–H groups in total. The molecule has 3 rings (SSSR count). The van der Waals surface area contributed by atoms with E-state index in [-0.39, 0.29) is 11.6 Å². The van der Waals surface area contributed by atoms with Crippen molar-refractivity contribution in [3.05, 3.63) is 53.4 Å². The molecule has 6 heteroatoms. The zero-order valence-corrected chi connectivity index (χ0v) is 10.7. The summed E-state index contributed by atoms with van der Waals surface area (Å²) in [4.78, 5) is 1.86. The smallest absolute Gasteiger partial charge is 0.150 e. The van der Waals surface area contributed by atoms with Gasteiger partial charge >= 0.3 is 0 Å². The summed E-state index contributed by atoms with van der Waals surface area (Å²) >= 11 is 0. The summed E-state index contributed by atoms with van der Waals surface area (Å²) in [5.74, 6) is -0.323. The van der Waals surface area contributed by atoms with E-state index in [1.165, 1.54) is 12.3 Å². The number of β-amino-alcohol motifs (C(OH)–C–C–N with tert-alkyl or cyclic N) is 1. The van der Waals surface area contributed by atoms with E-state index in [0.29, 0.717) is 25.3 Å². The highest BCUT2D eigenvalue weighted by atomic mass is 19.1. The van der Waals surface area contributed by atoms with Crippen LogP contribution in [0.25, 0.3) is 0 Å². The van der Waals surface area contributed by atoms with Crippen LogP contribution in [0.4, 0.5) is 8.78 Å². The monoisotopic (exact) mass is 280 g/mol. The van der Waals surface area contributed by atoms with E-state index in [0.717, 1.165) is 12.1 Å². The molecule has 0 amide bonds. The minimum absolute atomic E-state index is 0.265. The summed E-state index contributed by atoms with van der Waals surface area (Å²) in [7, 11) is 0. The second-order valence-corrected chi connectivity index (χ2v) is 4.98. The van der Waals surface area contributed by atoms with Gasteiger partial charge in [-0.1, -0.05) is 5.16 Å². The van der Waals surface area contributed by atoms with Crippen LogP contribution in [0, 0.1) is 11.6 Å². The van der Waals surface area contributed by atoms with Crippen LogP contribution < -0.4 is 0 Å². The molecule has 106 valence electrons. The normalized spacial score (nSPS) is 23.4. The Labute approximate surface area is 114 Å². The lowest BCUT2D eigenvalue weighted by molar-refractivity contribution is 0.165. The molecule has 2 heterocycles. The van der Waals surface area contributed by atoms with Gasteiger partial charge in [-0.15, -0.1) is 0 Å². The lowest BCUT2D eigenvalue weighted by Crippen LogP contribution is -2.24. The van der Waals surface area contributed by atoms with Crippen molar-refractivity contribution in [2.45, 2.75) is 25.1 Å². The second kappa shape index (κ2) is 5.30. The molecule has 0 bridgehead atoms. The van der Waals surface area contributed by atoms with Gasteiger partial charge in [-0.3, -0.25) is 4.90 Å². The number of aliphatic hydroxyl groups excluding tert-OH is 1. The predicted octanol–water partition coefficient (Wildman–Crippen LogP) is 2.26. The SMILES string of the molecule is O[C@H]1C[C@H](c2cc(F)ccc2F)N(Cc2ccno2)C1. The van der Waals surface area contributed by atoms with Crippen molar-refractivity contribution in [2.75, 3.05) is 6.54 Å². The summed E-state index contributed by atoms with van der Waals surface area (Å²) in [5, 5.41) is 13.4. The van der Waals surface area contributed by atoms with E-state index in [1.54, 1.807) is 6.07 Å². The minimum atomic E-state index is -0.564. The summed E-state index contributed by atoms with van der Waals surface area (Å²) in [6.45, 7) is 0.791. The van der Waals surface area contributed by atoms with Crippen LogP contribution in [0.5, 0.6) is 0 Å². The summed E-state index contributed by atoms with van der Waals surface area (Å²) < 4.78 is 32.2. The van der Waals surface area contributed by atoms with E-state index in [2.05, 4.69) is 5.16 Å². The molecule has 4 nitrogen and oxygen atoms in total. The van der Waals surface area contributed by atoms with Gasteiger partial charge in [-0.05, 0) is 24.6 Å². The van der Waals surface area contributed by atoms with Gasteiger partial charge in [0.25, 0.3) is 0 Å². The molecule has 0 radical (unpaired) electrons. The first kappa shape index (κ1) is 13.2. The number of benzene rings is 1. The number of hydrogen-bond acceptors (Lipinski definition) is 4. The van der Waals surface area contributed by atoms with Crippen molar-refractivity contribution in [1.29, 1.82) is 0 Å². The van der Waals surface area contributed by atoms with Crippen LogP contribution in [0.3, 0.4) is 0 Å². The number of halogens is 2. The van der Waals surface area contributed by atoms with Crippen molar-refractivity contribution in [3.63, 3.8) is 0 Å². The quantitative estimate of drug-likeness (QED) is 0.937. The number of aromatic nitrogens is 1. The van der Waals surface area contributed by atoms with Gasteiger partial charge in [0.15, 0.2) is 5.76 Å². The molecule has 2 atom stereocenters. The maximum atomic E-state index is 13.9. The fourth-order valence-corrected chi connectivity index (χ4v) is 2.67. The molecule has 1 saturated heterocycles. The highest BCUT2D eigenvalue weighted by Gasteiger charge is 2.34. The van der Waals surface area contributed by atoms with E-state index in [9.17, 15) is 13.9 Å². The first-order valence-corrected chi connectivity index (χ1v) is 6.40. The van der Waals surface area contributed by atoms with Crippen LogP contribution in [0.1, 0.15) is 23.8 Å². The van der Waals surface area contributed by atoms with Gasteiger partial charge in [0, 0.05) is 24.2 Å². The first-order valence-electron chi connectivity index (χ1n) is 6.40. The van der Waals surface area contributed by atoms with Gasteiger partial charge in [0.05, 0.1) is 18.8 Å². The van der Waals surface area contributed by atoms with Gasteiger partial charge in [0.2, 0.25) is 0 Å². The summed E-state index contributed by atoms with van der Waals surface area (Å²) in [6.07, 6.45) is 1.33. The van der Waals surface area contributed by atoms with Crippen LogP contribution in [0.15, 0.2) is 35.0 Å². The molecule has 0 saturated carbocycles. The van der Waals surface area contributed by atoms with Crippen LogP contribution in [-0.2, 0) is 6.54 Å². The first-order chi connectivity index (χ1) is 9.63. The largest absolute Gasteiger partial charge is 0.392 e. The molecule has 1 aromatic carbocycles. The van der Waals surface area contributed by atoms with Gasteiger partial charge in [-0.2, -0.15) is 0 Å². The lowest BCUT2D eigenvalue weighted by Gasteiger charge is -2.23. The molecule has 1 aromatic heterocycles. The predicted molar refractivity (Wildman–Crippen MR) is 66.6 cm³/mol. The molecule has 2 aromatic rings. The molecule has 1 aliphatic heterocycles. The topological polar surface area (TPSA) is 49.5 Å². The van der Waals surface area contributed by atoms with E-state index in [1.807, 2.05) is 4.90 Å². The Hall–Kier alpha value is -1.79. The van der Waals surface area contributed by atoms with Crippen LogP contribution in [0.2, 0.25) is 0 Å². The Kier molecular flexibility index (Phi) is 3.50. The van der Waals surface area contributed by atoms with Crippen molar-refractivity contribution in [3.8, 4) is 0 Å². The Morgan fingerprint density at radius 3 is 2.95 bits per heavy atom. The van der Waals surface area contributed by atoms with Gasteiger partial charge in [0.1, 0.15) is 11.6 Å². The molecule has 0 aliphatic carbocycles. The maximum Gasteiger partial charge on any atom is 0.150 e. The molecule has 1 aliphatic rings. The highest BCUT2D eigenvalue weighted by Crippen LogP contribution is 2.35. The van der Waals surface area contributed by atoms with Crippen molar-refractivity contribution in [2.24, 2.45) is 0 Å². The number of hydrogen-bond donors (Lipinski definition) is 1. The Bertz CT molecular complexity index is 589. The molecular weight excluding hydrogens is 266 g/mol. The second-order valence-electron chi connectivity index (χ2n) is 4.98. The number of nitrogens with zero attached hydrogens (tertiary/aromatic N) is 2. The standard InChI is InChI=1S/C14H14F2N2O2/c15-9-1-2-13(16)12(5-9)14-6-10(19)7-18(14)8-11-3-4-17-20-11/h1-5,10,14,19H,6-8H2/t10-,14+/m0/s1. The third-order valence-corrected chi connectivity index (χ3v) is 3.55. The number of aliphatic hydroxyl groups is 1. The van der Waals surface area contributed by atoms with E-state index >= 15 is 0 Å². The third-order valence-electron chi connectivity index (χ3n) is 3.55. The average molecular weight is 280 g/mol. The molecule has 20 heavy (non-hydrogen) atoms. The average Bonchev–Trinajstić information content (AvgIpc) is 3.03. The Balaban J connectivity index is 1.87. The minimum Gasteiger partial charge on any atom is -0.392 e.